The molecule has 1 unspecified atom stereocenters. The largest absolute Gasteiger partial charge is 0.0654 e. The van der Waals surface area contributed by atoms with E-state index in [1.54, 1.807) is 5.56 Å². The monoisotopic (exact) mass is 276 g/mol. The van der Waals surface area contributed by atoms with E-state index in [1.165, 1.54) is 47.2 Å². The molecular weight excluding hydrogens is 252 g/mol. The summed E-state index contributed by atoms with van der Waals surface area (Å²) >= 11 is 0. The van der Waals surface area contributed by atoms with Crippen molar-refractivity contribution in [3.05, 3.63) is 60.2 Å². The fourth-order valence-corrected chi connectivity index (χ4v) is 3.42. The molecule has 0 heteroatoms. The van der Waals surface area contributed by atoms with Crippen LogP contribution < -0.4 is 0 Å². The average molecular weight is 276 g/mol. The summed E-state index contributed by atoms with van der Waals surface area (Å²) in [6.45, 7) is 4.67. The van der Waals surface area contributed by atoms with E-state index in [-0.39, 0.29) is 0 Å². The van der Waals surface area contributed by atoms with Gasteiger partial charge in [-0.2, -0.15) is 0 Å². The molecule has 0 spiro atoms. The smallest absolute Gasteiger partial charge is 0.0143 e. The van der Waals surface area contributed by atoms with Crippen LogP contribution in [0.2, 0.25) is 0 Å². The third-order valence-electron chi connectivity index (χ3n) is 4.55. The van der Waals surface area contributed by atoms with Gasteiger partial charge in [-0.1, -0.05) is 81.6 Å². The first-order valence-corrected chi connectivity index (χ1v) is 8.21. The van der Waals surface area contributed by atoms with Crippen LogP contribution in [0, 0.1) is 0 Å². The molecule has 0 amide bonds. The van der Waals surface area contributed by atoms with Crippen molar-refractivity contribution in [1.82, 2.24) is 0 Å². The van der Waals surface area contributed by atoms with Crippen LogP contribution in [0.1, 0.15) is 51.0 Å². The standard InChI is InChI=1S/C21H24/c1-3-4-5-10-16(2)21-19-13-8-6-11-17(19)15-18-12-7-9-14-20(18)21/h6-9,11-16H,3-5,10H2,1-2H3. The number of hydrogen-bond donors (Lipinski definition) is 0. The SMILES string of the molecule is CCCCCC(C)c1c2ccccc2cc2ccccc12. The van der Waals surface area contributed by atoms with E-state index in [1.807, 2.05) is 0 Å². The number of unbranched alkanes of at least 4 members (excludes halogenated alkanes) is 2. The van der Waals surface area contributed by atoms with Crippen LogP contribution in [0.4, 0.5) is 0 Å². The summed E-state index contributed by atoms with van der Waals surface area (Å²) in [5.74, 6) is 0.618. The van der Waals surface area contributed by atoms with Crippen molar-refractivity contribution < 1.29 is 0 Å². The predicted molar refractivity (Wildman–Crippen MR) is 94.0 cm³/mol. The minimum Gasteiger partial charge on any atom is -0.0654 e. The van der Waals surface area contributed by atoms with Crippen molar-refractivity contribution in [2.24, 2.45) is 0 Å². The van der Waals surface area contributed by atoms with Crippen LogP contribution in [0.5, 0.6) is 0 Å². The van der Waals surface area contributed by atoms with Gasteiger partial charge in [-0.3, -0.25) is 0 Å². The first-order chi connectivity index (χ1) is 10.3. The normalized spacial score (nSPS) is 12.9. The number of rotatable bonds is 5. The van der Waals surface area contributed by atoms with Gasteiger partial charge in [-0.25, -0.2) is 0 Å². The Labute approximate surface area is 127 Å². The van der Waals surface area contributed by atoms with Gasteiger partial charge in [0, 0.05) is 0 Å². The molecule has 0 aromatic heterocycles. The van der Waals surface area contributed by atoms with E-state index in [0.717, 1.165) is 0 Å². The van der Waals surface area contributed by atoms with Crippen molar-refractivity contribution in [3.63, 3.8) is 0 Å². The van der Waals surface area contributed by atoms with Crippen molar-refractivity contribution in [2.45, 2.75) is 45.4 Å². The molecule has 21 heavy (non-hydrogen) atoms. The molecule has 1 atom stereocenters. The molecule has 0 heterocycles. The van der Waals surface area contributed by atoms with Crippen molar-refractivity contribution in [2.75, 3.05) is 0 Å². The first kappa shape index (κ1) is 14.1. The Balaban J connectivity index is 2.15. The molecular formula is C21H24. The molecule has 3 aromatic rings. The lowest BCUT2D eigenvalue weighted by Gasteiger charge is -2.18. The zero-order chi connectivity index (χ0) is 14.7. The van der Waals surface area contributed by atoms with Crippen LogP contribution in [-0.4, -0.2) is 0 Å². The Morgan fingerprint density at radius 1 is 0.810 bits per heavy atom. The molecule has 0 N–H and O–H groups in total. The lowest BCUT2D eigenvalue weighted by atomic mass is 9.86. The highest BCUT2D eigenvalue weighted by Gasteiger charge is 2.13. The maximum absolute atomic E-state index is 2.39. The first-order valence-electron chi connectivity index (χ1n) is 8.21. The van der Waals surface area contributed by atoms with Crippen LogP contribution in [0.3, 0.4) is 0 Å². The third kappa shape index (κ3) is 2.81. The van der Waals surface area contributed by atoms with Crippen LogP contribution in [-0.2, 0) is 0 Å². The zero-order valence-corrected chi connectivity index (χ0v) is 13.1. The minimum atomic E-state index is 0.618. The molecule has 0 aliphatic rings. The van der Waals surface area contributed by atoms with E-state index in [4.69, 9.17) is 0 Å². The molecule has 0 aliphatic carbocycles. The third-order valence-corrected chi connectivity index (χ3v) is 4.55. The van der Waals surface area contributed by atoms with Gasteiger partial charge in [-0.15, -0.1) is 0 Å². The molecule has 3 rings (SSSR count). The molecule has 0 fully saturated rings. The molecule has 0 saturated carbocycles. The molecule has 0 saturated heterocycles. The van der Waals surface area contributed by atoms with Crippen molar-refractivity contribution >= 4 is 21.5 Å². The van der Waals surface area contributed by atoms with Gasteiger partial charge in [0.2, 0.25) is 0 Å². The summed E-state index contributed by atoms with van der Waals surface area (Å²) in [5.41, 5.74) is 1.54. The predicted octanol–water partition coefficient (Wildman–Crippen LogP) is 6.68. The fourth-order valence-electron chi connectivity index (χ4n) is 3.42. The fraction of sp³-hybridized carbons (Fsp3) is 0.333. The van der Waals surface area contributed by atoms with E-state index in [9.17, 15) is 0 Å². The molecule has 0 nitrogen and oxygen atoms in total. The van der Waals surface area contributed by atoms with Crippen LogP contribution in [0.25, 0.3) is 21.5 Å². The average Bonchev–Trinajstić information content (AvgIpc) is 2.52. The van der Waals surface area contributed by atoms with Crippen molar-refractivity contribution in [3.8, 4) is 0 Å². The van der Waals surface area contributed by atoms with Gasteiger partial charge in [0.1, 0.15) is 0 Å². The summed E-state index contributed by atoms with van der Waals surface area (Å²) in [6, 6.07) is 20.0. The lowest BCUT2D eigenvalue weighted by Crippen LogP contribution is -1.97. The number of hydrogen-bond acceptors (Lipinski definition) is 0. The highest BCUT2D eigenvalue weighted by molar-refractivity contribution is 6.02. The quantitative estimate of drug-likeness (QED) is 0.360. The molecule has 0 radical (unpaired) electrons. The number of fused-ring (bicyclic) bond motifs is 2. The summed E-state index contributed by atoms with van der Waals surface area (Å²) < 4.78 is 0. The van der Waals surface area contributed by atoms with Gasteiger partial charge in [-0.05, 0) is 45.5 Å². The molecule has 0 aliphatic heterocycles. The highest BCUT2D eigenvalue weighted by Crippen LogP contribution is 2.35. The second-order valence-corrected chi connectivity index (χ2v) is 6.13. The number of benzene rings is 3. The second-order valence-electron chi connectivity index (χ2n) is 6.13. The Kier molecular flexibility index (Phi) is 4.24. The van der Waals surface area contributed by atoms with Crippen LogP contribution in [0.15, 0.2) is 54.6 Å². The Morgan fingerprint density at radius 2 is 1.38 bits per heavy atom. The Bertz CT molecular complexity index is 685. The maximum Gasteiger partial charge on any atom is -0.0143 e. The highest BCUT2D eigenvalue weighted by atomic mass is 14.2. The van der Waals surface area contributed by atoms with Gasteiger partial charge < -0.3 is 0 Å². The summed E-state index contributed by atoms with van der Waals surface area (Å²) in [4.78, 5) is 0. The van der Waals surface area contributed by atoms with E-state index < -0.39 is 0 Å². The van der Waals surface area contributed by atoms with E-state index in [0.29, 0.717) is 5.92 Å². The topological polar surface area (TPSA) is 0 Å². The maximum atomic E-state index is 2.39. The summed E-state index contributed by atoms with van der Waals surface area (Å²) in [7, 11) is 0. The van der Waals surface area contributed by atoms with E-state index in [2.05, 4.69) is 68.4 Å². The van der Waals surface area contributed by atoms with Gasteiger partial charge in [0.15, 0.2) is 0 Å². The van der Waals surface area contributed by atoms with Crippen molar-refractivity contribution in [1.29, 1.82) is 0 Å². The zero-order valence-electron chi connectivity index (χ0n) is 13.1. The van der Waals surface area contributed by atoms with Gasteiger partial charge in [0.05, 0.1) is 0 Å². The van der Waals surface area contributed by atoms with Crippen LogP contribution >= 0.6 is 0 Å². The Hall–Kier alpha value is -1.82. The van der Waals surface area contributed by atoms with Gasteiger partial charge >= 0.3 is 0 Å². The minimum absolute atomic E-state index is 0.618. The summed E-state index contributed by atoms with van der Waals surface area (Å²) in [6.07, 6.45) is 5.25. The molecule has 3 aromatic carbocycles. The van der Waals surface area contributed by atoms with Gasteiger partial charge in [0.25, 0.3) is 0 Å². The summed E-state index contributed by atoms with van der Waals surface area (Å²) in [5, 5.41) is 5.60. The van der Waals surface area contributed by atoms with E-state index >= 15 is 0 Å². The Morgan fingerprint density at radius 3 is 1.95 bits per heavy atom. The second kappa shape index (κ2) is 6.30. The lowest BCUT2D eigenvalue weighted by molar-refractivity contribution is 0.603. The molecule has 108 valence electrons. The molecule has 0 bridgehead atoms.